The standard InChI is InChI=1S/C23H43N5O2/c1-6-7-11-14-26(5)23(24-4)25-13-10-8-9-12-21(29)27-15-17-28(18-16-27)22(30)19-20(2)3/h6,20H,1,7-19H2,2-5H3,(H,24,25). The lowest BCUT2D eigenvalue weighted by molar-refractivity contribution is -0.140. The van der Waals surface area contributed by atoms with Gasteiger partial charge in [-0.15, -0.1) is 6.58 Å². The molecule has 1 aliphatic heterocycles. The number of carbonyl (C=O) groups is 2. The Balaban J connectivity index is 2.15. The summed E-state index contributed by atoms with van der Waals surface area (Å²) in [6.07, 6.45) is 8.15. The summed E-state index contributed by atoms with van der Waals surface area (Å²) in [6.45, 7) is 12.4. The maximum atomic E-state index is 12.4. The molecular weight excluding hydrogens is 378 g/mol. The SMILES string of the molecule is C=CCCCN(C)C(=NC)NCCCCCC(=O)N1CCN(C(=O)CC(C)C)CC1. The third kappa shape index (κ3) is 10.1. The molecule has 172 valence electrons. The molecule has 2 amide bonds. The van der Waals surface area contributed by atoms with E-state index in [0.717, 1.165) is 51.2 Å². The molecule has 1 N–H and O–H groups in total. The zero-order valence-corrected chi connectivity index (χ0v) is 19.7. The van der Waals surface area contributed by atoms with Crippen molar-refractivity contribution in [3.8, 4) is 0 Å². The fraction of sp³-hybridized carbons (Fsp3) is 0.783. The Kier molecular flexibility index (Phi) is 12.9. The van der Waals surface area contributed by atoms with Gasteiger partial charge in [0.1, 0.15) is 0 Å². The summed E-state index contributed by atoms with van der Waals surface area (Å²) in [5.41, 5.74) is 0. The quantitative estimate of drug-likeness (QED) is 0.228. The largest absolute Gasteiger partial charge is 0.356 e. The Hall–Kier alpha value is -2.05. The van der Waals surface area contributed by atoms with Crippen LogP contribution in [0.25, 0.3) is 0 Å². The number of guanidine groups is 1. The summed E-state index contributed by atoms with van der Waals surface area (Å²) < 4.78 is 0. The number of rotatable bonds is 12. The molecule has 0 unspecified atom stereocenters. The maximum absolute atomic E-state index is 12.4. The monoisotopic (exact) mass is 421 g/mol. The number of unbranched alkanes of at least 4 members (excludes halogenated alkanes) is 3. The average molecular weight is 422 g/mol. The Morgan fingerprint density at radius 2 is 1.70 bits per heavy atom. The van der Waals surface area contributed by atoms with Crippen LogP contribution < -0.4 is 5.32 Å². The highest BCUT2D eigenvalue weighted by atomic mass is 16.2. The van der Waals surface area contributed by atoms with Crippen molar-refractivity contribution in [2.24, 2.45) is 10.9 Å². The number of hydrogen-bond acceptors (Lipinski definition) is 3. The van der Waals surface area contributed by atoms with Crippen LogP contribution in [0.4, 0.5) is 0 Å². The van der Waals surface area contributed by atoms with E-state index in [1.165, 1.54) is 0 Å². The molecule has 7 heteroatoms. The van der Waals surface area contributed by atoms with E-state index in [1.54, 1.807) is 7.05 Å². The Bertz CT molecular complexity index is 554. The number of amides is 2. The molecule has 7 nitrogen and oxygen atoms in total. The first-order valence-electron chi connectivity index (χ1n) is 11.5. The van der Waals surface area contributed by atoms with Gasteiger partial charge in [0.2, 0.25) is 11.8 Å². The molecule has 1 fully saturated rings. The van der Waals surface area contributed by atoms with E-state index >= 15 is 0 Å². The highest BCUT2D eigenvalue weighted by molar-refractivity contribution is 5.79. The van der Waals surface area contributed by atoms with Gasteiger partial charge in [0.25, 0.3) is 0 Å². The van der Waals surface area contributed by atoms with Gasteiger partial charge in [0, 0.05) is 66.2 Å². The molecule has 0 atom stereocenters. The molecule has 1 rings (SSSR count). The predicted molar refractivity (Wildman–Crippen MR) is 125 cm³/mol. The van der Waals surface area contributed by atoms with Gasteiger partial charge in [-0.25, -0.2) is 0 Å². The third-order valence-corrected chi connectivity index (χ3v) is 5.39. The van der Waals surface area contributed by atoms with Crippen LogP contribution in [0.15, 0.2) is 17.6 Å². The number of nitrogens with zero attached hydrogens (tertiary/aromatic N) is 4. The second kappa shape index (κ2) is 14.9. The van der Waals surface area contributed by atoms with Crippen molar-refractivity contribution in [2.75, 3.05) is 53.4 Å². The molecule has 1 saturated heterocycles. The molecule has 0 aromatic rings. The lowest BCUT2D eigenvalue weighted by atomic mass is 10.1. The third-order valence-electron chi connectivity index (χ3n) is 5.39. The smallest absolute Gasteiger partial charge is 0.222 e. The average Bonchev–Trinajstić information content (AvgIpc) is 2.72. The van der Waals surface area contributed by atoms with Gasteiger partial charge in [-0.05, 0) is 31.6 Å². The Morgan fingerprint density at radius 1 is 1.07 bits per heavy atom. The second-order valence-corrected chi connectivity index (χ2v) is 8.50. The van der Waals surface area contributed by atoms with E-state index in [-0.39, 0.29) is 11.8 Å². The van der Waals surface area contributed by atoms with E-state index in [9.17, 15) is 9.59 Å². The van der Waals surface area contributed by atoms with E-state index in [4.69, 9.17) is 0 Å². The highest BCUT2D eigenvalue weighted by Gasteiger charge is 2.23. The van der Waals surface area contributed by atoms with Crippen LogP contribution in [0.5, 0.6) is 0 Å². The normalized spacial score (nSPS) is 14.8. The lowest BCUT2D eigenvalue weighted by Crippen LogP contribution is -2.50. The van der Waals surface area contributed by atoms with Crippen molar-refractivity contribution in [3.63, 3.8) is 0 Å². The number of hydrogen-bond donors (Lipinski definition) is 1. The minimum Gasteiger partial charge on any atom is -0.356 e. The first-order chi connectivity index (χ1) is 14.4. The number of piperazine rings is 1. The van der Waals surface area contributed by atoms with Crippen molar-refractivity contribution in [1.29, 1.82) is 0 Å². The lowest BCUT2D eigenvalue weighted by Gasteiger charge is -2.35. The van der Waals surface area contributed by atoms with Crippen LogP contribution in [0, 0.1) is 5.92 Å². The maximum Gasteiger partial charge on any atom is 0.222 e. The van der Waals surface area contributed by atoms with E-state index in [0.29, 0.717) is 44.9 Å². The summed E-state index contributed by atoms with van der Waals surface area (Å²) >= 11 is 0. The van der Waals surface area contributed by atoms with Gasteiger partial charge in [0.15, 0.2) is 5.96 Å². The van der Waals surface area contributed by atoms with Gasteiger partial charge < -0.3 is 20.0 Å². The zero-order valence-electron chi connectivity index (χ0n) is 19.7. The summed E-state index contributed by atoms with van der Waals surface area (Å²) in [5, 5.41) is 3.39. The van der Waals surface area contributed by atoms with Crippen LogP contribution in [-0.4, -0.2) is 85.8 Å². The summed E-state index contributed by atoms with van der Waals surface area (Å²) in [4.78, 5) is 34.8. The fourth-order valence-electron chi connectivity index (χ4n) is 3.58. The van der Waals surface area contributed by atoms with Crippen LogP contribution in [-0.2, 0) is 9.59 Å². The van der Waals surface area contributed by atoms with E-state index < -0.39 is 0 Å². The molecule has 0 aromatic heterocycles. The van der Waals surface area contributed by atoms with Crippen molar-refractivity contribution in [2.45, 2.75) is 58.8 Å². The van der Waals surface area contributed by atoms with E-state index in [1.807, 2.05) is 22.9 Å². The number of allylic oxidation sites excluding steroid dienone is 1. The minimum atomic E-state index is 0.214. The highest BCUT2D eigenvalue weighted by Crippen LogP contribution is 2.10. The first-order valence-corrected chi connectivity index (χ1v) is 11.5. The van der Waals surface area contributed by atoms with Gasteiger partial charge >= 0.3 is 0 Å². The van der Waals surface area contributed by atoms with Crippen molar-refractivity contribution >= 4 is 17.8 Å². The zero-order chi connectivity index (χ0) is 22.4. The molecule has 30 heavy (non-hydrogen) atoms. The van der Waals surface area contributed by atoms with Gasteiger partial charge in [0.05, 0.1) is 0 Å². The molecule has 0 bridgehead atoms. The number of aliphatic imine (C=N–C) groups is 1. The first kappa shape index (κ1) is 26.0. The van der Waals surface area contributed by atoms with Crippen LogP contribution in [0.2, 0.25) is 0 Å². The summed E-state index contributed by atoms with van der Waals surface area (Å²) in [5.74, 6) is 1.73. The fourth-order valence-corrected chi connectivity index (χ4v) is 3.58. The number of carbonyl (C=O) groups excluding carboxylic acids is 2. The molecule has 0 aromatic carbocycles. The molecule has 0 radical (unpaired) electrons. The molecule has 0 aliphatic carbocycles. The van der Waals surface area contributed by atoms with Crippen molar-refractivity contribution in [1.82, 2.24) is 20.0 Å². The van der Waals surface area contributed by atoms with Gasteiger partial charge in [-0.1, -0.05) is 26.3 Å². The molecule has 1 heterocycles. The summed E-state index contributed by atoms with van der Waals surface area (Å²) in [6, 6.07) is 0. The molecular formula is C23H43N5O2. The van der Waals surface area contributed by atoms with Crippen molar-refractivity contribution < 1.29 is 9.59 Å². The van der Waals surface area contributed by atoms with E-state index in [2.05, 4.69) is 35.6 Å². The summed E-state index contributed by atoms with van der Waals surface area (Å²) in [7, 11) is 3.86. The van der Waals surface area contributed by atoms with Crippen molar-refractivity contribution in [3.05, 3.63) is 12.7 Å². The topological polar surface area (TPSA) is 68.2 Å². The molecule has 0 spiro atoms. The Labute approximate surface area is 183 Å². The molecule has 1 aliphatic rings. The van der Waals surface area contributed by atoms with Crippen LogP contribution >= 0.6 is 0 Å². The minimum absolute atomic E-state index is 0.214. The number of nitrogens with one attached hydrogen (secondary N) is 1. The van der Waals surface area contributed by atoms with Gasteiger partial charge in [-0.2, -0.15) is 0 Å². The second-order valence-electron chi connectivity index (χ2n) is 8.50. The molecule has 0 saturated carbocycles. The Morgan fingerprint density at radius 3 is 2.27 bits per heavy atom. The van der Waals surface area contributed by atoms with Crippen LogP contribution in [0.1, 0.15) is 58.8 Å². The van der Waals surface area contributed by atoms with Crippen LogP contribution in [0.3, 0.4) is 0 Å². The van der Waals surface area contributed by atoms with Gasteiger partial charge in [-0.3, -0.25) is 14.6 Å². The predicted octanol–water partition coefficient (Wildman–Crippen LogP) is 2.74.